The number of aromatic nitrogens is 1. The highest BCUT2D eigenvalue weighted by atomic mass is 16.5. The highest BCUT2D eigenvalue weighted by Gasteiger charge is 2.20. The molecule has 1 unspecified atom stereocenters. The Balaban J connectivity index is 1.76. The number of unbranched alkanes of at least 4 members (excludes halogenated alkanes) is 1. The fourth-order valence-corrected chi connectivity index (χ4v) is 3.64. The zero-order valence-electron chi connectivity index (χ0n) is 16.8. The van der Waals surface area contributed by atoms with E-state index in [9.17, 15) is 5.26 Å². The average molecular weight is 373 g/mol. The van der Waals surface area contributed by atoms with Gasteiger partial charge in [0.1, 0.15) is 17.2 Å². The van der Waals surface area contributed by atoms with Crippen molar-refractivity contribution in [3.05, 3.63) is 82.9 Å². The number of nitrogens with zero attached hydrogens (tertiary/aromatic N) is 2. The molecule has 0 saturated carbocycles. The first-order valence-electron chi connectivity index (χ1n) is 10.2. The number of benzene rings is 1. The quantitative estimate of drug-likeness (QED) is 0.527. The molecule has 3 nitrogen and oxygen atoms in total. The summed E-state index contributed by atoms with van der Waals surface area (Å²) in [6.07, 6.45) is 10.1. The molecule has 28 heavy (non-hydrogen) atoms. The minimum Gasteiger partial charge on any atom is -0.460 e. The summed E-state index contributed by atoms with van der Waals surface area (Å²) in [5.74, 6) is 2.40. The summed E-state index contributed by atoms with van der Waals surface area (Å²) in [4.78, 5) is 4.48. The van der Waals surface area contributed by atoms with E-state index in [2.05, 4.69) is 37.0 Å². The summed E-state index contributed by atoms with van der Waals surface area (Å²) in [5.41, 5.74) is 4.21. The van der Waals surface area contributed by atoms with Crippen molar-refractivity contribution in [2.75, 3.05) is 0 Å². The van der Waals surface area contributed by atoms with Gasteiger partial charge in [0.2, 0.25) is 0 Å². The number of allylic oxidation sites excluding steroid dienone is 3. The molecule has 1 heterocycles. The maximum absolute atomic E-state index is 9.19. The Morgan fingerprint density at radius 2 is 2.07 bits per heavy atom. The Morgan fingerprint density at radius 1 is 1.21 bits per heavy atom. The van der Waals surface area contributed by atoms with Crippen LogP contribution in [0.5, 0.6) is 0 Å². The largest absolute Gasteiger partial charge is 0.460 e. The van der Waals surface area contributed by atoms with Crippen LogP contribution in [0.2, 0.25) is 0 Å². The highest BCUT2D eigenvalue weighted by Crippen LogP contribution is 2.36. The van der Waals surface area contributed by atoms with Gasteiger partial charge in [-0.25, -0.2) is 0 Å². The SMILES string of the molecule is CCCC=C(OC1=C(C)CCC(c2cccc(C#N)c2)CC1)c1ccccn1. The van der Waals surface area contributed by atoms with Crippen LogP contribution in [0, 0.1) is 11.3 Å². The fraction of sp³-hybridized carbons (Fsp3) is 0.360. The Hall–Kier alpha value is -2.86. The summed E-state index contributed by atoms with van der Waals surface area (Å²) in [6, 6.07) is 16.2. The Bertz CT molecular complexity index is 890. The molecule has 3 rings (SSSR count). The maximum atomic E-state index is 9.19. The van der Waals surface area contributed by atoms with Crippen LogP contribution in [0.25, 0.3) is 5.76 Å². The number of pyridine rings is 1. The highest BCUT2D eigenvalue weighted by molar-refractivity contribution is 5.57. The van der Waals surface area contributed by atoms with Crippen LogP contribution in [0.1, 0.15) is 75.1 Å². The molecule has 3 heteroatoms. The Kier molecular flexibility index (Phi) is 7.03. The van der Waals surface area contributed by atoms with E-state index in [0.29, 0.717) is 5.92 Å². The van der Waals surface area contributed by atoms with Gasteiger partial charge in [0.25, 0.3) is 0 Å². The maximum Gasteiger partial charge on any atom is 0.148 e. The van der Waals surface area contributed by atoms with E-state index in [1.54, 1.807) is 0 Å². The molecule has 1 aromatic carbocycles. The molecule has 0 aliphatic heterocycles. The molecule has 1 aliphatic carbocycles. The average Bonchev–Trinajstić information content (AvgIpc) is 2.93. The van der Waals surface area contributed by atoms with Crippen molar-refractivity contribution in [3.63, 3.8) is 0 Å². The summed E-state index contributed by atoms with van der Waals surface area (Å²) in [6.45, 7) is 4.35. The van der Waals surface area contributed by atoms with Crippen LogP contribution in [0.15, 0.2) is 66.1 Å². The van der Waals surface area contributed by atoms with Crippen molar-refractivity contribution >= 4 is 5.76 Å². The van der Waals surface area contributed by atoms with Crippen LogP contribution in [0.4, 0.5) is 0 Å². The van der Waals surface area contributed by atoms with Crippen molar-refractivity contribution < 1.29 is 4.74 Å². The van der Waals surface area contributed by atoms with Crippen LogP contribution < -0.4 is 0 Å². The summed E-state index contributed by atoms with van der Waals surface area (Å²) in [7, 11) is 0. The van der Waals surface area contributed by atoms with Gasteiger partial charge in [-0.15, -0.1) is 0 Å². The minimum atomic E-state index is 0.460. The third kappa shape index (κ3) is 5.10. The first-order chi connectivity index (χ1) is 13.7. The van der Waals surface area contributed by atoms with Crippen molar-refractivity contribution in [3.8, 4) is 6.07 Å². The first-order valence-corrected chi connectivity index (χ1v) is 10.2. The second-order valence-corrected chi connectivity index (χ2v) is 7.39. The molecule has 0 saturated heterocycles. The van der Waals surface area contributed by atoms with Gasteiger partial charge in [0, 0.05) is 12.6 Å². The number of hydrogen-bond acceptors (Lipinski definition) is 3. The van der Waals surface area contributed by atoms with Gasteiger partial charge in [-0.05, 0) is 80.0 Å². The van der Waals surface area contributed by atoms with Gasteiger partial charge < -0.3 is 4.74 Å². The standard InChI is InChI=1S/C25H28N2O/c1-3-4-11-25(23-10-5-6-16-27-23)28-24-15-14-21(13-12-19(24)2)22-9-7-8-20(17-22)18-26/h5-11,16-17,21H,3-4,12-15H2,1-2H3. The van der Waals surface area contributed by atoms with E-state index >= 15 is 0 Å². The lowest BCUT2D eigenvalue weighted by Crippen LogP contribution is -2.00. The van der Waals surface area contributed by atoms with Crippen LogP contribution in [0.3, 0.4) is 0 Å². The first kappa shape index (κ1) is 19.9. The lowest BCUT2D eigenvalue weighted by atomic mass is 9.90. The molecule has 2 aromatic rings. The molecule has 0 bridgehead atoms. The molecule has 0 amide bonds. The van der Waals surface area contributed by atoms with Gasteiger partial charge in [-0.3, -0.25) is 4.98 Å². The lowest BCUT2D eigenvalue weighted by Gasteiger charge is -2.16. The second kappa shape index (κ2) is 9.90. The van der Waals surface area contributed by atoms with E-state index in [0.717, 1.165) is 61.3 Å². The van der Waals surface area contributed by atoms with Crippen molar-refractivity contribution in [2.24, 2.45) is 0 Å². The number of hydrogen-bond donors (Lipinski definition) is 0. The smallest absolute Gasteiger partial charge is 0.148 e. The van der Waals surface area contributed by atoms with Crippen LogP contribution >= 0.6 is 0 Å². The lowest BCUT2D eigenvalue weighted by molar-refractivity contribution is 0.350. The molecular formula is C25H28N2O. The predicted molar refractivity (Wildman–Crippen MR) is 113 cm³/mol. The van der Waals surface area contributed by atoms with Gasteiger partial charge in [0.05, 0.1) is 11.6 Å². The van der Waals surface area contributed by atoms with E-state index in [-0.39, 0.29) is 0 Å². The van der Waals surface area contributed by atoms with Gasteiger partial charge >= 0.3 is 0 Å². The predicted octanol–water partition coefficient (Wildman–Crippen LogP) is 6.74. The number of rotatable bonds is 6. The molecule has 144 valence electrons. The van der Waals surface area contributed by atoms with Crippen LogP contribution in [-0.2, 0) is 4.74 Å². The molecule has 0 fully saturated rings. The van der Waals surface area contributed by atoms with E-state index < -0.39 is 0 Å². The van der Waals surface area contributed by atoms with Gasteiger partial charge in [0.15, 0.2) is 0 Å². The van der Waals surface area contributed by atoms with E-state index in [1.807, 2.05) is 42.6 Å². The molecule has 1 aromatic heterocycles. The van der Waals surface area contributed by atoms with Gasteiger partial charge in [-0.2, -0.15) is 5.26 Å². The fourth-order valence-electron chi connectivity index (χ4n) is 3.64. The molecule has 1 aliphatic rings. The summed E-state index contributed by atoms with van der Waals surface area (Å²) in [5, 5.41) is 9.19. The zero-order valence-corrected chi connectivity index (χ0v) is 16.8. The normalized spacial score (nSPS) is 17.8. The van der Waals surface area contributed by atoms with Crippen molar-refractivity contribution in [1.29, 1.82) is 5.26 Å². The zero-order chi connectivity index (χ0) is 19.8. The van der Waals surface area contributed by atoms with Crippen molar-refractivity contribution in [2.45, 2.75) is 58.3 Å². The van der Waals surface area contributed by atoms with E-state index in [4.69, 9.17) is 4.74 Å². The van der Waals surface area contributed by atoms with Crippen LogP contribution in [-0.4, -0.2) is 4.98 Å². The number of nitriles is 1. The molecule has 0 radical (unpaired) electrons. The third-order valence-corrected chi connectivity index (χ3v) is 5.32. The van der Waals surface area contributed by atoms with E-state index in [1.165, 1.54) is 11.1 Å². The molecule has 1 atom stereocenters. The molecule has 0 spiro atoms. The Labute approximate surface area is 168 Å². The monoisotopic (exact) mass is 372 g/mol. The third-order valence-electron chi connectivity index (χ3n) is 5.32. The molecule has 0 N–H and O–H groups in total. The number of ether oxygens (including phenoxy) is 1. The van der Waals surface area contributed by atoms with Crippen molar-refractivity contribution in [1.82, 2.24) is 4.98 Å². The topological polar surface area (TPSA) is 45.9 Å². The van der Waals surface area contributed by atoms with Gasteiger partial charge in [-0.1, -0.05) is 31.5 Å². The minimum absolute atomic E-state index is 0.460. The Morgan fingerprint density at radius 3 is 2.82 bits per heavy atom. The summed E-state index contributed by atoms with van der Waals surface area (Å²) < 4.78 is 6.43. The second-order valence-electron chi connectivity index (χ2n) is 7.39. The summed E-state index contributed by atoms with van der Waals surface area (Å²) >= 11 is 0. The molecular weight excluding hydrogens is 344 g/mol.